The Hall–Kier alpha value is -2.54. The number of carbonyl (C=O) groups excluding carboxylic acids is 1. The Labute approximate surface area is 258 Å². The molecule has 234 valence electrons. The van der Waals surface area contributed by atoms with Gasteiger partial charge < -0.3 is 10.1 Å². The highest BCUT2D eigenvalue weighted by atomic mass is 35.5. The van der Waals surface area contributed by atoms with E-state index in [2.05, 4.69) is 39.7 Å². The molecule has 42 heavy (non-hydrogen) atoms. The van der Waals surface area contributed by atoms with Gasteiger partial charge >= 0.3 is 0 Å². The Morgan fingerprint density at radius 2 is 1.52 bits per heavy atom. The van der Waals surface area contributed by atoms with Gasteiger partial charge in [0, 0.05) is 11.0 Å². The molecule has 0 saturated carbocycles. The molecule has 0 saturated heterocycles. The normalized spacial score (nSPS) is 12.3. The van der Waals surface area contributed by atoms with E-state index in [1.807, 2.05) is 46.8 Å². The first-order valence-corrected chi connectivity index (χ1v) is 16.6. The van der Waals surface area contributed by atoms with Crippen LogP contribution in [0.15, 0.2) is 24.3 Å². The molecule has 7 nitrogen and oxygen atoms in total. The molecular weight excluding hydrogens is 546 g/mol. The van der Waals surface area contributed by atoms with Crippen LogP contribution < -0.4 is 10.1 Å². The molecule has 0 aliphatic carbocycles. The van der Waals surface area contributed by atoms with Crippen LogP contribution in [0.25, 0.3) is 5.65 Å². The van der Waals surface area contributed by atoms with E-state index in [1.165, 1.54) is 89.0 Å². The van der Waals surface area contributed by atoms with Gasteiger partial charge in [0.25, 0.3) is 5.91 Å². The molecule has 0 fully saturated rings. The number of nitrogens with zero attached hydrogens (tertiary/aromatic N) is 3. The van der Waals surface area contributed by atoms with Gasteiger partial charge in [0.15, 0.2) is 18.1 Å². The number of unbranched alkanes of at least 4 members (excludes halogenated alkanes) is 12. The van der Waals surface area contributed by atoms with Gasteiger partial charge in [0.2, 0.25) is 0 Å². The first-order chi connectivity index (χ1) is 20.1. The summed E-state index contributed by atoms with van der Waals surface area (Å²) in [4.78, 5) is 13.0. The van der Waals surface area contributed by atoms with Crippen molar-refractivity contribution in [3.63, 3.8) is 0 Å². The number of aryl methyl sites for hydroxylation is 2. The third kappa shape index (κ3) is 9.48. The molecule has 1 amide bonds. The minimum Gasteiger partial charge on any atom is -0.484 e. The first kappa shape index (κ1) is 34.0. The van der Waals surface area contributed by atoms with Crippen molar-refractivity contribution in [3.8, 4) is 5.75 Å². The second-order valence-corrected chi connectivity index (χ2v) is 13.3. The van der Waals surface area contributed by atoms with Gasteiger partial charge in [-0.1, -0.05) is 122 Å². The molecule has 0 aliphatic heterocycles. The topological polar surface area (TPSA) is 84.3 Å². The highest BCUT2D eigenvalue weighted by Crippen LogP contribution is 2.35. The van der Waals surface area contributed by atoms with Crippen molar-refractivity contribution in [2.24, 2.45) is 0 Å². The summed E-state index contributed by atoms with van der Waals surface area (Å²) in [7, 11) is 0. The summed E-state index contributed by atoms with van der Waals surface area (Å²) in [5.41, 5.74) is 1.47. The summed E-state index contributed by atoms with van der Waals surface area (Å²) < 4.78 is 7.69. The molecule has 2 aromatic heterocycles. The molecule has 0 spiro atoms. The summed E-state index contributed by atoms with van der Waals surface area (Å²) in [5, 5.41) is 15.6. The van der Waals surface area contributed by atoms with Gasteiger partial charge in [-0.25, -0.2) is 4.52 Å². The predicted octanol–water partition coefficient (Wildman–Crippen LogP) is 8.90. The summed E-state index contributed by atoms with van der Waals surface area (Å²) >= 11 is 6.35. The van der Waals surface area contributed by atoms with Crippen LogP contribution in [0.3, 0.4) is 0 Å². The Kier molecular flexibility index (Phi) is 13.2. The minimum atomic E-state index is -0.641. The summed E-state index contributed by atoms with van der Waals surface area (Å²) in [6, 6.07) is 8.14. The fourth-order valence-electron chi connectivity index (χ4n) is 5.43. The van der Waals surface area contributed by atoms with E-state index >= 15 is 0 Å². The smallest absolute Gasteiger partial charge is 0.258 e. The maximum Gasteiger partial charge on any atom is 0.258 e. The van der Waals surface area contributed by atoms with Gasteiger partial charge in [-0.3, -0.25) is 9.89 Å². The van der Waals surface area contributed by atoms with Crippen LogP contribution in [0.4, 0.5) is 0 Å². The Morgan fingerprint density at radius 1 is 0.929 bits per heavy atom. The number of aromatic amines is 1. The maximum atomic E-state index is 13.0. The van der Waals surface area contributed by atoms with Crippen molar-refractivity contribution in [1.29, 1.82) is 0 Å². The lowest BCUT2D eigenvalue weighted by Crippen LogP contribution is -2.57. The molecule has 8 heteroatoms. The number of hydrogen-bond acceptors (Lipinski definition) is 4. The molecule has 0 bridgehead atoms. The molecule has 1 aromatic carbocycles. The zero-order valence-electron chi connectivity index (χ0n) is 27.0. The van der Waals surface area contributed by atoms with Crippen LogP contribution in [-0.4, -0.2) is 37.9 Å². The van der Waals surface area contributed by atoms with Gasteiger partial charge in [-0.05, 0) is 51.3 Å². The van der Waals surface area contributed by atoms with Crippen molar-refractivity contribution in [1.82, 2.24) is 25.1 Å². The van der Waals surface area contributed by atoms with Gasteiger partial charge in [-0.2, -0.15) is 0 Å². The molecule has 0 atom stereocenters. The first-order valence-electron chi connectivity index (χ1n) is 16.2. The zero-order chi connectivity index (χ0) is 30.6. The Morgan fingerprint density at radius 3 is 2.14 bits per heavy atom. The lowest BCUT2D eigenvalue weighted by molar-refractivity contribution is -0.125. The number of rotatable bonds is 20. The second-order valence-electron chi connectivity index (χ2n) is 13.0. The van der Waals surface area contributed by atoms with Crippen molar-refractivity contribution in [2.45, 2.75) is 142 Å². The lowest BCUT2D eigenvalue weighted by Gasteiger charge is -2.40. The molecular formula is C34H54ClN5O2. The van der Waals surface area contributed by atoms with Crippen molar-refractivity contribution in [2.75, 3.05) is 6.61 Å². The third-order valence-electron chi connectivity index (χ3n) is 8.88. The van der Waals surface area contributed by atoms with Crippen LogP contribution in [-0.2, 0) is 16.6 Å². The average Bonchev–Trinajstić information content (AvgIpc) is 3.49. The number of aromatic nitrogens is 4. The number of amides is 1. The number of nitrogens with one attached hydrogen (secondary N) is 2. The molecule has 2 N–H and O–H groups in total. The number of fused-ring (bicyclic) bond motifs is 1. The van der Waals surface area contributed by atoms with Crippen molar-refractivity contribution >= 4 is 23.2 Å². The van der Waals surface area contributed by atoms with Crippen LogP contribution in [0.2, 0.25) is 5.02 Å². The minimum absolute atomic E-state index is 0.0512. The fourth-order valence-corrected chi connectivity index (χ4v) is 5.59. The van der Waals surface area contributed by atoms with E-state index in [-0.39, 0.29) is 12.5 Å². The number of ether oxygens (including phenoxy) is 1. The number of hydrogen-bond donors (Lipinski definition) is 2. The van der Waals surface area contributed by atoms with Crippen LogP contribution >= 0.6 is 11.6 Å². The number of carbonyl (C=O) groups is 1. The van der Waals surface area contributed by atoms with Crippen molar-refractivity contribution in [3.05, 3.63) is 46.4 Å². The SMILES string of the molecule is CCCCCCCCCCCCCCCc1cccc(OCC(=O)NC(C)(C)C(C)(C)c2nnc3c(Cl)c(C)[nH]n23)c1. The molecule has 3 rings (SSSR count). The number of halogens is 1. The third-order valence-corrected chi connectivity index (χ3v) is 9.33. The van der Waals surface area contributed by atoms with E-state index in [4.69, 9.17) is 16.3 Å². The Balaban J connectivity index is 1.36. The van der Waals surface area contributed by atoms with E-state index < -0.39 is 11.0 Å². The molecule has 2 heterocycles. The predicted molar refractivity (Wildman–Crippen MR) is 174 cm³/mol. The molecule has 3 aromatic rings. The average molecular weight is 600 g/mol. The zero-order valence-corrected chi connectivity index (χ0v) is 27.7. The number of H-pyrrole nitrogens is 1. The summed E-state index contributed by atoms with van der Waals surface area (Å²) in [6.07, 6.45) is 18.7. The largest absolute Gasteiger partial charge is 0.484 e. The highest BCUT2D eigenvalue weighted by Gasteiger charge is 2.43. The summed E-state index contributed by atoms with van der Waals surface area (Å²) in [6.45, 7) is 12.2. The van der Waals surface area contributed by atoms with E-state index in [0.29, 0.717) is 16.5 Å². The standard InChI is InChI=1S/C34H54ClN5O2/c1-7-8-9-10-11-12-13-14-15-16-17-18-19-21-27-22-20-23-28(24-27)42-25-29(41)36-34(5,6)33(3,4)32-38-37-31-30(35)26(2)39-40(31)32/h20,22-24,39H,7-19,21,25H2,1-6H3,(H,36,41). The maximum absolute atomic E-state index is 13.0. The van der Waals surface area contributed by atoms with Crippen LogP contribution in [0.1, 0.15) is 135 Å². The van der Waals surface area contributed by atoms with Gasteiger partial charge in [0.05, 0.1) is 5.69 Å². The number of benzene rings is 1. The molecule has 0 radical (unpaired) electrons. The van der Waals surface area contributed by atoms with Crippen molar-refractivity contribution < 1.29 is 9.53 Å². The monoisotopic (exact) mass is 599 g/mol. The van der Waals surface area contributed by atoms with Crippen LogP contribution in [0.5, 0.6) is 5.75 Å². The second kappa shape index (κ2) is 16.3. The van der Waals surface area contributed by atoms with E-state index in [1.54, 1.807) is 4.52 Å². The van der Waals surface area contributed by atoms with E-state index in [0.717, 1.165) is 17.9 Å². The summed E-state index contributed by atoms with van der Waals surface area (Å²) in [5.74, 6) is 1.24. The fraction of sp³-hybridized carbons (Fsp3) is 0.676. The molecule has 0 aliphatic rings. The Bertz CT molecular complexity index is 1250. The van der Waals surface area contributed by atoms with E-state index in [9.17, 15) is 4.79 Å². The van der Waals surface area contributed by atoms with Gasteiger partial charge in [-0.15, -0.1) is 10.2 Å². The highest BCUT2D eigenvalue weighted by molar-refractivity contribution is 6.34. The quantitative estimate of drug-likeness (QED) is 0.127. The lowest BCUT2D eigenvalue weighted by atomic mass is 9.73. The van der Waals surface area contributed by atoms with Crippen LogP contribution in [0, 0.1) is 6.92 Å². The molecule has 0 unspecified atom stereocenters. The van der Waals surface area contributed by atoms with Gasteiger partial charge in [0.1, 0.15) is 10.8 Å².